The van der Waals surface area contributed by atoms with Crippen LogP contribution in [0.15, 0.2) is 59.5 Å². The molecule has 1 saturated heterocycles. The van der Waals surface area contributed by atoms with Crippen LogP contribution in [0.5, 0.6) is 0 Å². The van der Waals surface area contributed by atoms with Crippen molar-refractivity contribution in [2.75, 3.05) is 18.4 Å². The van der Waals surface area contributed by atoms with Crippen LogP contribution in [0.3, 0.4) is 0 Å². The summed E-state index contributed by atoms with van der Waals surface area (Å²) >= 11 is 0. The van der Waals surface area contributed by atoms with Gasteiger partial charge in [0, 0.05) is 18.8 Å². The maximum absolute atomic E-state index is 13.1. The number of hydrogen-bond donors (Lipinski definition) is 1. The predicted octanol–water partition coefficient (Wildman–Crippen LogP) is 5.19. The van der Waals surface area contributed by atoms with Crippen LogP contribution in [0.25, 0.3) is 0 Å². The van der Waals surface area contributed by atoms with Crippen LogP contribution >= 0.6 is 0 Å². The topological polar surface area (TPSA) is 66.5 Å². The monoisotopic (exact) mass is 478 g/mol. The van der Waals surface area contributed by atoms with Gasteiger partial charge in [0.05, 0.1) is 10.8 Å². The fourth-order valence-electron chi connectivity index (χ4n) is 7.73. The SMILES string of the molecule is O=C(Nc1ccc(C23CC4CC(CC(C4)C2)C3)cc1)C1CCCN(S(=O)(=O)c2ccccc2)C1. The number of nitrogens with one attached hydrogen (secondary N) is 1. The second-order valence-electron chi connectivity index (χ2n) is 11.3. The fourth-order valence-corrected chi connectivity index (χ4v) is 9.28. The Morgan fingerprint density at radius 3 is 2.12 bits per heavy atom. The summed E-state index contributed by atoms with van der Waals surface area (Å²) in [5.74, 6) is 2.30. The number of rotatable bonds is 5. The zero-order valence-electron chi connectivity index (χ0n) is 19.7. The third kappa shape index (κ3) is 3.99. The molecule has 1 N–H and O–H groups in total. The minimum Gasteiger partial charge on any atom is -0.326 e. The summed E-state index contributed by atoms with van der Waals surface area (Å²) in [6.07, 6.45) is 9.70. The first-order chi connectivity index (χ1) is 16.4. The van der Waals surface area contributed by atoms with E-state index in [2.05, 4.69) is 17.4 Å². The summed E-state index contributed by atoms with van der Waals surface area (Å²) in [6, 6.07) is 17.1. The quantitative estimate of drug-likeness (QED) is 0.643. The molecular formula is C28H34N2O3S. The highest BCUT2D eigenvalue weighted by atomic mass is 32.2. The van der Waals surface area contributed by atoms with Crippen molar-refractivity contribution >= 4 is 21.6 Å². The molecule has 1 atom stereocenters. The van der Waals surface area contributed by atoms with Gasteiger partial charge in [0.15, 0.2) is 0 Å². The van der Waals surface area contributed by atoms with Crippen molar-refractivity contribution in [2.45, 2.75) is 61.7 Å². The van der Waals surface area contributed by atoms with E-state index < -0.39 is 10.0 Å². The molecule has 4 aliphatic carbocycles. The number of hydrogen-bond acceptors (Lipinski definition) is 3. The van der Waals surface area contributed by atoms with Gasteiger partial charge in [-0.05, 0) is 104 Å². The van der Waals surface area contributed by atoms with E-state index in [0.29, 0.717) is 24.8 Å². The average molecular weight is 479 g/mol. The Morgan fingerprint density at radius 2 is 1.50 bits per heavy atom. The molecule has 4 bridgehead atoms. The molecular weight excluding hydrogens is 444 g/mol. The van der Waals surface area contributed by atoms with Gasteiger partial charge in [-0.15, -0.1) is 0 Å². The number of sulfonamides is 1. The Balaban J connectivity index is 1.12. The van der Waals surface area contributed by atoms with E-state index >= 15 is 0 Å². The molecule has 7 rings (SSSR count). The molecule has 5 aliphatic rings. The highest BCUT2D eigenvalue weighted by Gasteiger charge is 2.51. The first kappa shape index (κ1) is 22.3. The van der Waals surface area contributed by atoms with Crippen LogP contribution in [-0.4, -0.2) is 31.7 Å². The van der Waals surface area contributed by atoms with Gasteiger partial charge in [-0.3, -0.25) is 4.79 Å². The second-order valence-corrected chi connectivity index (χ2v) is 13.2. The molecule has 180 valence electrons. The maximum Gasteiger partial charge on any atom is 0.243 e. The first-order valence-electron chi connectivity index (χ1n) is 12.9. The molecule has 1 aliphatic heterocycles. The van der Waals surface area contributed by atoms with Crippen molar-refractivity contribution in [3.05, 3.63) is 60.2 Å². The van der Waals surface area contributed by atoms with Crippen LogP contribution in [0.1, 0.15) is 56.9 Å². The highest BCUT2D eigenvalue weighted by molar-refractivity contribution is 7.89. The van der Waals surface area contributed by atoms with Gasteiger partial charge >= 0.3 is 0 Å². The van der Waals surface area contributed by atoms with Crippen molar-refractivity contribution in [3.63, 3.8) is 0 Å². The molecule has 0 spiro atoms. The van der Waals surface area contributed by atoms with Crippen LogP contribution < -0.4 is 5.32 Å². The van der Waals surface area contributed by atoms with E-state index in [1.165, 1.54) is 48.4 Å². The lowest BCUT2D eigenvalue weighted by Crippen LogP contribution is -2.48. The Morgan fingerprint density at radius 1 is 0.882 bits per heavy atom. The second kappa shape index (κ2) is 8.49. The summed E-state index contributed by atoms with van der Waals surface area (Å²) in [5, 5.41) is 3.06. The molecule has 2 aromatic carbocycles. The number of carbonyl (C=O) groups excluding carboxylic acids is 1. The van der Waals surface area contributed by atoms with Crippen LogP contribution in [0.2, 0.25) is 0 Å². The Labute approximate surface area is 203 Å². The molecule has 2 aromatic rings. The van der Waals surface area contributed by atoms with Crippen molar-refractivity contribution in [1.29, 1.82) is 0 Å². The molecule has 1 heterocycles. The van der Waals surface area contributed by atoms with Gasteiger partial charge < -0.3 is 5.32 Å². The molecule has 0 aromatic heterocycles. The minimum absolute atomic E-state index is 0.0875. The van der Waals surface area contributed by atoms with E-state index in [1.807, 2.05) is 12.1 Å². The third-order valence-electron chi connectivity index (χ3n) is 8.94. The Hall–Kier alpha value is -2.18. The standard InChI is InChI=1S/C28H34N2O3S/c31-27(23-5-4-12-30(19-23)34(32,33)26-6-2-1-3-7-26)29-25-10-8-24(9-11-25)28-16-20-13-21(17-28)15-22(14-20)18-28/h1-3,6-11,20-23H,4-5,12-19H2,(H,29,31). The van der Waals surface area contributed by atoms with Crippen LogP contribution in [0.4, 0.5) is 5.69 Å². The lowest BCUT2D eigenvalue weighted by molar-refractivity contribution is -0.120. The fraction of sp³-hybridized carbons (Fsp3) is 0.536. The van der Waals surface area contributed by atoms with Crippen molar-refractivity contribution in [1.82, 2.24) is 4.31 Å². The number of nitrogens with zero attached hydrogens (tertiary/aromatic N) is 1. The molecule has 1 unspecified atom stereocenters. The number of benzene rings is 2. The normalized spacial score (nSPS) is 33.1. The van der Waals surface area contributed by atoms with Gasteiger partial charge in [-0.25, -0.2) is 8.42 Å². The van der Waals surface area contributed by atoms with E-state index in [-0.39, 0.29) is 23.3 Å². The minimum atomic E-state index is -3.58. The summed E-state index contributed by atoms with van der Waals surface area (Å²) in [7, 11) is -3.58. The van der Waals surface area contributed by atoms with E-state index in [9.17, 15) is 13.2 Å². The average Bonchev–Trinajstić information content (AvgIpc) is 2.84. The molecule has 34 heavy (non-hydrogen) atoms. The van der Waals surface area contributed by atoms with E-state index in [1.54, 1.807) is 30.3 Å². The van der Waals surface area contributed by atoms with Crippen LogP contribution in [0, 0.1) is 23.7 Å². The summed E-state index contributed by atoms with van der Waals surface area (Å²) in [4.78, 5) is 13.3. The van der Waals surface area contributed by atoms with Gasteiger partial charge in [0.2, 0.25) is 15.9 Å². The predicted molar refractivity (Wildman–Crippen MR) is 133 cm³/mol. The zero-order valence-corrected chi connectivity index (χ0v) is 20.5. The highest BCUT2D eigenvalue weighted by Crippen LogP contribution is 2.60. The number of carbonyl (C=O) groups is 1. The molecule has 5 nitrogen and oxygen atoms in total. The number of anilines is 1. The van der Waals surface area contributed by atoms with Gasteiger partial charge in [0.1, 0.15) is 0 Å². The lowest BCUT2D eigenvalue weighted by atomic mass is 9.48. The third-order valence-corrected chi connectivity index (χ3v) is 10.8. The van der Waals surface area contributed by atoms with Gasteiger partial charge in [0.25, 0.3) is 0 Å². The Bertz CT molecular complexity index is 1120. The Kier molecular flexibility index (Phi) is 5.57. The largest absolute Gasteiger partial charge is 0.326 e. The van der Waals surface area contributed by atoms with Crippen molar-refractivity contribution in [2.24, 2.45) is 23.7 Å². The molecule has 1 amide bonds. The van der Waals surface area contributed by atoms with Gasteiger partial charge in [-0.1, -0.05) is 30.3 Å². The lowest BCUT2D eigenvalue weighted by Gasteiger charge is -2.57. The first-order valence-corrected chi connectivity index (χ1v) is 14.3. The maximum atomic E-state index is 13.1. The number of amides is 1. The van der Waals surface area contributed by atoms with Crippen molar-refractivity contribution < 1.29 is 13.2 Å². The van der Waals surface area contributed by atoms with E-state index in [0.717, 1.165) is 23.4 Å². The molecule has 0 radical (unpaired) electrons. The summed E-state index contributed by atoms with van der Waals surface area (Å²) in [6.45, 7) is 0.690. The van der Waals surface area contributed by atoms with Crippen LogP contribution in [-0.2, 0) is 20.2 Å². The zero-order chi connectivity index (χ0) is 23.3. The van der Waals surface area contributed by atoms with E-state index in [4.69, 9.17) is 0 Å². The number of piperidine rings is 1. The summed E-state index contributed by atoms with van der Waals surface area (Å²) < 4.78 is 27.5. The molecule has 5 fully saturated rings. The smallest absolute Gasteiger partial charge is 0.243 e. The molecule has 4 saturated carbocycles. The van der Waals surface area contributed by atoms with Crippen molar-refractivity contribution in [3.8, 4) is 0 Å². The summed E-state index contributed by atoms with van der Waals surface area (Å²) in [5.41, 5.74) is 2.61. The molecule has 6 heteroatoms. The van der Waals surface area contributed by atoms with Gasteiger partial charge in [-0.2, -0.15) is 4.31 Å².